The van der Waals surface area contributed by atoms with Gasteiger partial charge in [0.25, 0.3) is 0 Å². The van der Waals surface area contributed by atoms with Crippen LogP contribution in [0.2, 0.25) is 0 Å². The molecule has 0 aliphatic heterocycles. The van der Waals surface area contributed by atoms with Crippen LogP contribution in [0.4, 0.5) is 10.5 Å². The first-order valence-corrected chi connectivity index (χ1v) is 6.10. The van der Waals surface area contributed by atoms with Gasteiger partial charge in [-0.15, -0.1) is 10.2 Å². The van der Waals surface area contributed by atoms with E-state index in [1.165, 1.54) is 0 Å². The summed E-state index contributed by atoms with van der Waals surface area (Å²) in [5.41, 5.74) is 1.88. The number of anilines is 1. The molecule has 0 fully saturated rings. The Morgan fingerprint density at radius 1 is 1.21 bits per heavy atom. The number of hydrogen-bond acceptors (Lipinski definition) is 4. The summed E-state index contributed by atoms with van der Waals surface area (Å²) in [5, 5.41) is 13.0. The summed E-state index contributed by atoms with van der Waals surface area (Å²) < 4.78 is 5.28. The summed E-state index contributed by atoms with van der Waals surface area (Å²) in [6.07, 6.45) is 0.683. The van der Waals surface area contributed by atoms with Gasteiger partial charge in [-0.25, -0.2) is 4.79 Å². The molecule has 0 atom stereocenters. The fourth-order valence-electron chi connectivity index (χ4n) is 1.47. The van der Waals surface area contributed by atoms with Crippen molar-refractivity contribution in [3.05, 3.63) is 41.6 Å². The van der Waals surface area contributed by atoms with E-state index in [4.69, 9.17) is 4.42 Å². The summed E-state index contributed by atoms with van der Waals surface area (Å²) in [4.78, 5) is 11.6. The Morgan fingerprint density at radius 3 is 2.53 bits per heavy atom. The first-order valence-electron chi connectivity index (χ1n) is 6.10. The lowest BCUT2D eigenvalue weighted by atomic mass is 10.2. The largest absolute Gasteiger partial charge is 0.423 e. The van der Waals surface area contributed by atoms with Crippen molar-refractivity contribution in [3.63, 3.8) is 0 Å². The number of benzene rings is 1. The summed E-state index contributed by atoms with van der Waals surface area (Å²) in [7, 11) is 0. The van der Waals surface area contributed by atoms with Crippen LogP contribution >= 0.6 is 0 Å². The average molecular weight is 260 g/mol. The highest BCUT2D eigenvalue weighted by atomic mass is 16.4. The molecule has 6 nitrogen and oxygen atoms in total. The van der Waals surface area contributed by atoms with Crippen LogP contribution in [0.5, 0.6) is 0 Å². The molecule has 2 aromatic rings. The van der Waals surface area contributed by atoms with Crippen LogP contribution in [0.25, 0.3) is 0 Å². The molecule has 0 aliphatic carbocycles. The monoisotopic (exact) mass is 260 g/mol. The highest BCUT2D eigenvalue weighted by Crippen LogP contribution is 2.08. The standard InChI is InChI=1S/C13H16N4O2/c1-3-11-16-17-12(19-11)8-14-13(18)15-10-6-4-9(2)5-7-10/h4-7H,3,8H2,1-2H3,(H2,14,15,18). The summed E-state index contributed by atoms with van der Waals surface area (Å²) in [5.74, 6) is 0.964. The lowest BCUT2D eigenvalue weighted by Crippen LogP contribution is -2.28. The van der Waals surface area contributed by atoms with Crippen molar-refractivity contribution >= 4 is 11.7 Å². The van der Waals surface area contributed by atoms with Crippen LogP contribution in [-0.4, -0.2) is 16.2 Å². The highest BCUT2D eigenvalue weighted by molar-refractivity contribution is 5.89. The van der Waals surface area contributed by atoms with Crippen molar-refractivity contribution in [3.8, 4) is 0 Å². The van der Waals surface area contributed by atoms with Gasteiger partial charge in [-0.2, -0.15) is 0 Å². The SMILES string of the molecule is CCc1nnc(CNC(=O)Nc2ccc(C)cc2)o1. The molecule has 0 saturated carbocycles. The lowest BCUT2D eigenvalue weighted by Gasteiger charge is -2.05. The van der Waals surface area contributed by atoms with Crippen molar-refractivity contribution < 1.29 is 9.21 Å². The second-order valence-corrected chi connectivity index (χ2v) is 4.12. The van der Waals surface area contributed by atoms with Gasteiger partial charge in [0.15, 0.2) is 0 Å². The van der Waals surface area contributed by atoms with E-state index in [9.17, 15) is 4.79 Å². The van der Waals surface area contributed by atoms with Gasteiger partial charge in [0, 0.05) is 12.1 Å². The molecule has 6 heteroatoms. The Labute approximate surface area is 111 Å². The fraction of sp³-hybridized carbons (Fsp3) is 0.308. The molecule has 1 aromatic heterocycles. The van der Waals surface area contributed by atoms with Crippen LogP contribution in [0.3, 0.4) is 0 Å². The van der Waals surface area contributed by atoms with Crippen LogP contribution in [0.15, 0.2) is 28.7 Å². The predicted octanol–water partition coefficient (Wildman–Crippen LogP) is 2.26. The topological polar surface area (TPSA) is 80.0 Å². The molecule has 2 N–H and O–H groups in total. The Kier molecular flexibility index (Phi) is 4.12. The van der Waals surface area contributed by atoms with E-state index in [1.54, 1.807) is 0 Å². The van der Waals surface area contributed by atoms with Crippen molar-refractivity contribution in [1.29, 1.82) is 0 Å². The number of carbonyl (C=O) groups excluding carboxylic acids is 1. The molecule has 0 radical (unpaired) electrons. The van der Waals surface area contributed by atoms with E-state index in [-0.39, 0.29) is 12.6 Å². The second kappa shape index (κ2) is 5.99. The number of rotatable bonds is 4. The molecular formula is C13H16N4O2. The zero-order valence-electron chi connectivity index (χ0n) is 10.9. The van der Waals surface area contributed by atoms with E-state index in [0.717, 1.165) is 11.3 Å². The third-order valence-electron chi connectivity index (χ3n) is 2.52. The Bertz CT molecular complexity index is 548. The van der Waals surface area contributed by atoms with Crippen LogP contribution < -0.4 is 10.6 Å². The van der Waals surface area contributed by atoms with Crippen molar-refractivity contribution in [2.75, 3.05) is 5.32 Å². The van der Waals surface area contributed by atoms with Crippen molar-refractivity contribution in [2.24, 2.45) is 0 Å². The maximum absolute atomic E-state index is 11.6. The van der Waals surface area contributed by atoms with Gasteiger partial charge >= 0.3 is 6.03 Å². The quantitative estimate of drug-likeness (QED) is 0.883. The van der Waals surface area contributed by atoms with Gasteiger partial charge < -0.3 is 15.1 Å². The molecule has 0 bridgehead atoms. The minimum atomic E-state index is -0.305. The number of aromatic nitrogens is 2. The van der Waals surface area contributed by atoms with Gasteiger partial charge in [0.2, 0.25) is 11.8 Å². The third kappa shape index (κ3) is 3.80. The highest BCUT2D eigenvalue weighted by Gasteiger charge is 2.06. The first-order chi connectivity index (χ1) is 9.17. The van der Waals surface area contributed by atoms with Gasteiger partial charge in [0.05, 0.1) is 6.54 Å². The lowest BCUT2D eigenvalue weighted by molar-refractivity contribution is 0.250. The van der Waals surface area contributed by atoms with E-state index >= 15 is 0 Å². The van der Waals surface area contributed by atoms with Crippen LogP contribution in [0, 0.1) is 6.92 Å². The Hall–Kier alpha value is -2.37. The number of amides is 2. The number of hydrogen-bond donors (Lipinski definition) is 2. The fourth-order valence-corrected chi connectivity index (χ4v) is 1.47. The second-order valence-electron chi connectivity index (χ2n) is 4.12. The van der Waals surface area contributed by atoms with Crippen LogP contribution in [-0.2, 0) is 13.0 Å². The normalized spacial score (nSPS) is 10.2. The van der Waals surface area contributed by atoms with Crippen molar-refractivity contribution in [2.45, 2.75) is 26.8 Å². The number of carbonyl (C=O) groups is 1. The minimum absolute atomic E-state index is 0.213. The molecule has 1 aromatic carbocycles. The molecule has 0 saturated heterocycles. The number of aryl methyl sites for hydroxylation is 2. The number of nitrogens with zero attached hydrogens (tertiary/aromatic N) is 2. The maximum atomic E-state index is 11.6. The smallest absolute Gasteiger partial charge is 0.319 e. The molecular weight excluding hydrogens is 244 g/mol. The van der Waals surface area contributed by atoms with E-state index < -0.39 is 0 Å². The Balaban J connectivity index is 1.82. The molecule has 0 unspecified atom stereocenters. The summed E-state index contributed by atoms with van der Waals surface area (Å²) >= 11 is 0. The van der Waals surface area contributed by atoms with E-state index in [1.807, 2.05) is 38.1 Å². The number of urea groups is 1. The molecule has 2 amide bonds. The molecule has 0 aliphatic rings. The predicted molar refractivity (Wildman–Crippen MR) is 70.7 cm³/mol. The third-order valence-corrected chi connectivity index (χ3v) is 2.52. The van der Waals surface area contributed by atoms with E-state index in [0.29, 0.717) is 18.2 Å². The van der Waals surface area contributed by atoms with Gasteiger partial charge in [0.1, 0.15) is 0 Å². The van der Waals surface area contributed by atoms with Gasteiger partial charge in [-0.05, 0) is 19.1 Å². The van der Waals surface area contributed by atoms with Gasteiger partial charge in [-0.1, -0.05) is 24.6 Å². The zero-order valence-corrected chi connectivity index (χ0v) is 10.9. The van der Waals surface area contributed by atoms with E-state index in [2.05, 4.69) is 20.8 Å². The summed E-state index contributed by atoms with van der Waals surface area (Å²) in [6.45, 7) is 4.13. The van der Waals surface area contributed by atoms with Gasteiger partial charge in [-0.3, -0.25) is 0 Å². The van der Waals surface area contributed by atoms with Crippen LogP contribution in [0.1, 0.15) is 24.3 Å². The molecule has 19 heavy (non-hydrogen) atoms. The molecule has 1 heterocycles. The average Bonchev–Trinajstić information content (AvgIpc) is 2.87. The first kappa shape index (κ1) is 13.1. The molecule has 100 valence electrons. The van der Waals surface area contributed by atoms with Crippen molar-refractivity contribution in [1.82, 2.24) is 15.5 Å². The Morgan fingerprint density at radius 2 is 1.89 bits per heavy atom. The maximum Gasteiger partial charge on any atom is 0.319 e. The summed E-state index contributed by atoms with van der Waals surface area (Å²) in [6, 6.07) is 7.25. The zero-order chi connectivity index (χ0) is 13.7. The molecule has 2 rings (SSSR count). The minimum Gasteiger partial charge on any atom is -0.423 e. The molecule has 0 spiro atoms. The number of nitrogens with one attached hydrogen (secondary N) is 2.